The lowest BCUT2D eigenvalue weighted by Gasteiger charge is -2.12. The van der Waals surface area contributed by atoms with Crippen LogP contribution in [-0.4, -0.2) is 18.5 Å². The van der Waals surface area contributed by atoms with Gasteiger partial charge < -0.3 is 11.1 Å². The van der Waals surface area contributed by atoms with E-state index in [1.807, 2.05) is 20.8 Å². The van der Waals surface area contributed by atoms with Gasteiger partial charge in [0.25, 0.3) is 0 Å². The Bertz CT molecular complexity index is 112. The largest absolute Gasteiger partial charge is 0.352 e. The van der Waals surface area contributed by atoms with Crippen LogP contribution < -0.4 is 11.1 Å². The maximum atomic E-state index is 10.9. The highest BCUT2D eigenvalue weighted by molar-refractivity contribution is 5.78. The number of carbonyl (C=O) groups is 1. The first-order valence-electron chi connectivity index (χ1n) is 3.58. The van der Waals surface area contributed by atoms with Crippen molar-refractivity contribution in [1.29, 1.82) is 0 Å². The summed E-state index contributed by atoms with van der Waals surface area (Å²) >= 11 is 0. The Labute approximate surface area is 62.0 Å². The third-order valence-electron chi connectivity index (χ3n) is 1.27. The van der Waals surface area contributed by atoms with Gasteiger partial charge in [0.2, 0.25) is 5.91 Å². The van der Waals surface area contributed by atoms with Crippen molar-refractivity contribution in [2.24, 2.45) is 11.7 Å². The molecule has 0 aromatic heterocycles. The summed E-state index contributed by atoms with van der Waals surface area (Å²) in [6.07, 6.45) is 0. The number of amides is 1. The topological polar surface area (TPSA) is 55.1 Å². The Kier molecular flexibility index (Phi) is 4.03. The molecule has 0 heterocycles. The predicted octanol–water partition coefficient (Wildman–Crippen LogP) is 0.106. The summed E-state index contributed by atoms with van der Waals surface area (Å²) in [4.78, 5) is 10.9. The first-order chi connectivity index (χ1) is 4.57. The third kappa shape index (κ3) is 3.45. The fourth-order valence-corrected chi connectivity index (χ4v) is 0.468. The van der Waals surface area contributed by atoms with Gasteiger partial charge in [0.05, 0.1) is 0 Å². The summed E-state index contributed by atoms with van der Waals surface area (Å²) in [6.45, 7) is 6.11. The number of rotatable bonds is 3. The summed E-state index contributed by atoms with van der Waals surface area (Å²) < 4.78 is 0. The first kappa shape index (κ1) is 9.43. The second-order valence-electron chi connectivity index (χ2n) is 2.80. The Morgan fingerprint density at radius 2 is 2.00 bits per heavy atom. The van der Waals surface area contributed by atoms with Gasteiger partial charge in [0, 0.05) is 18.5 Å². The van der Waals surface area contributed by atoms with Crippen LogP contribution in [0.4, 0.5) is 0 Å². The summed E-state index contributed by atoms with van der Waals surface area (Å²) in [5, 5.41) is 2.77. The van der Waals surface area contributed by atoms with Crippen LogP contribution in [0, 0.1) is 5.92 Å². The van der Waals surface area contributed by atoms with Gasteiger partial charge in [0.15, 0.2) is 0 Å². The second-order valence-corrected chi connectivity index (χ2v) is 2.80. The van der Waals surface area contributed by atoms with E-state index in [4.69, 9.17) is 5.73 Å². The minimum atomic E-state index is 0.0500. The van der Waals surface area contributed by atoms with Crippen molar-refractivity contribution in [3.05, 3.63) is 0 Å². The second kappa shape index (κ2) is 4.28. The highest BCUT2D eigenvalue weighted by atomic mass is 16.1. The molecule has 0 aliphatic heterocycles. The van der Waals surface area contributed by atoms with Crippen molar-refractivity contribution in [3.8, 4) is 0 Å². The Hall–Kier alpha value is -0.570. The molecule has 3 nitrogen and oxygen atoms in total. The average Bonchev–Trinajstić information content (AvgIpc) is 1.87. The van der Waals surface area contributed by atoms with E-state index < -0.39 is 0 Å². The van der Waals surface area contributed by atoms with Gasteiger partial charge in [-0.05, 0) is 6.92 Å². The van der Waals surface area contributed by atoms with Crippen LogP contribution in [0.3, 0.4) is 0 Å². The molecule has 10 heavy (non-hydrogen) atoms. The molecule has 3 heteroatoms. The highest BCUT2D eigenvalue weighted by Gasteiger charge is 2.08. The number of carbonyl (C=O) groups excluding carboxylic acids is 1. The van der Waals surface area contributed by atoms with Crippen LogP contribution in [0.15, 0.2) is 0 Å². The fraction of sp³-hybridized carbons (Fsp3) is 0.857. The quantitative estimate of drug-likeness (QED) is 0.590. The van der Waals surface area contributed by atoms with Crippen molar-refractivity contribution in [3.63, 3.8) is 0 Å². The van der Waals surface area contributed by atoms with Crippen molar-refractivity contribution in [1.82, 2.24) is 5.32 Å². The van der Waals surface area contributed by atoms with E-state index in [9.17, 15) is 4.79 Å². The smallest absolute Gasteiger partial charge is 0.222 e. The van der Waals surface area contributed by atoms with Crippen LogP contribution >= 0.6 is 0 Å². The van der Waals surface area contributed by atoms with E-state index in [-0.39, 0.29) is 17.9 Å². The van der Waals surface area contributed by atoms with Gasteiger partial charge in [-0.2, -0.15) is 0 Å². The Balaban J connectivity index is 3.57. The van der Waals surface area contributed by atoms with Crippen molar-refractivity contribution in [2.45, 2.75) is 26.8 Å². The van der Waals surface area contributed by atoms with Gasteiger partial charge in [-0.15, -0.1) is 0 Å². The van der Waals surface area contributed by atoms with Crippen LogP contribution in [0.2, 0.25) is 0 Å². The minimum absolute atomic E-state index is 0.0500. The SMILES string of the molecule is CC(CN)NC(=O)C(C)C. The molecule has 0 fully saturated rings. The number of nitrogens with two attached hydrogens (primary N) is 1. The van der Waals surface area contributed by atoms with Gasteiger partial charge in [-0.25, -0.2) is 0 Å². The standard InChI is InChI=1S/C7H16N2O/c1-5(2)7(10)9-6(3)4-8/h5-6H,4,8H2,1-3H3,(H,9,10). The molecule has 1 unspecified atom stereocenters. The zero-order chi connectivity index (χ0) is 8.15. The van der Waals surface area contributed by atoms with E-state index in [0.717, 1.165) is 0 Å². The maximum Gasteiger partial charge on any atom is 0.222 e. The highest BCUT2D eigenvalue weighted by Crippen LogP contribution is 1.91. The van der Waals surface area contributed by atoms with Crippen LogP contribution in [0.25, 0.3) is 0 Å². The number of hydrogen-bond donors (Lipinski definition) is 2. The molecule has 0 saturated heterocycles. The molecule has 1 amide bonds. The first-order valence-corrected chi connectivity index (χ1v) is 3.58. The summed E-state index contributed by atoms with van der Waals surface area (Å²) in [6, 6.07) is 0.0925. The molecule has 3 N–H and O–H groups in total. The molecule has 0 spiro atoms. The molecule has 0 aliphatic carbocycles. The zero-order valence-corrected chi connectivity index (χ0v) is 6.85. The van der Waals surface area contributed by atoms with Gasteiger partial charge in [-0.1, -0.05) is 13.8 Å². The lowest BCUT2D eigenvalue weighted by Crippen LogP contribution is -2.39. The van der Waals surface area contributed by atoms with Gasteiger partial charge in [-0.3, -0.25) is 4.79 Å². The van der Waals surface area contributed by atoms with E-state index in [2.05, 4.69) is 5.32 Å². The van der Waals surface area contributed by atoms with E-state index in [1.165, 1.54) is 0 Å². The minimum Gasteiger partial charge on any atom is -0.352 e. The molecule has 0 saturated carbocycles. The van der Waals surface area contributed by atoms with Crippen molar-refractivity contribution < 1.29 is 4.79 Å². The zero-order valence-electron chi connectivity index (χ0n) is 6.85. The van der Waals surface area contributed by atoms with Crippen molar-refractivity contribution >= 4 is 5.91 Å². The molecule has 0 aliphatic rings. The van der Waals surface area contributed by atoms with E-state index in [0.29, 0.717) is 6.54 Å². The Morgan fingerprint density at radius 1 is 1.50 bits per heavy atom. The summed E-state index contributed by atoms with van der Waals surface area (Å²) in [5.41, 5.74) is 5.31. The van der Waals surface area contributed by atoms with Gasteiger partial charge in [0.1, 0.15) is 0 Å². The lowest BCUT2D eigenvalue weighted by molar-refractivity contribution is -0.124. The van der Waals surface area contributed by atoms with Crippen LogP contribution in [-0.2, 0) is 4.79 Å². The average molecular weight is 144 g/mol. The molecule has 0 radical (unpaired) electrons. The van der Waals surface area contributed by atoms with E-state index in [1.54, 1.807) is 0 Å². The number of nitrogens with one attached hydrogen (secondary N) is 1. The van der Waals surface area contributed by atoms with Gasteiger partial charge >= 0.3 is 0 Å². The molecular weight excluding hydrogens is 128 g/mol. The molecule has 1 atom stereocenters. The molecule has 0 rings (SSSR count). The molecule has 0 bridgehead atoms. The Morgan fingerprint density at radius 3 is 2.30 bits per heavy atom. The monoisotopic (exact) mass is 144 g/mol. The lowest BCUT2D eigenvalue weighted by atomic mass is 10.2. The molecule has 60 valence electrons. The summed E-state index contributed by atoms with van der Waals surface area (Å²) in [5.74, 6) is 0.118. The molecule has 0 aromatic carbocycles. The van der Waals surface area contributed by atoms with E-state index >= 15 is 0 Å². The van der Waals surface area contributed by atoms with Crippen LogP contribution in [0.5, 0.6) is 0 Å². The fourth-order valence-electron chi connectivity index (χ4n) is 0.468. The normalized spacial score (nSPS) is 13.3. The van der Waals surface area contributed by atoms with Crippen LogP contribution in [0.1, 0.15) is 20.8 Å². The van der Waals surface area contributed by atoms with Crippen molar-refractivity contribution in [2.75, 3.05) is 6.54 Å². The maximum absolute atomic E-state index is 10.9. The summed E-state index contributed by atoms with van der Waals surface area (Å²) in [7, 11) is 0. The third-order valence-corrected chi connectivity index (χ3v) is 1.27. The molecule has 0 aromatic rings. The predicted molar refractivity (Wildman–Crippen MR) is 41.5 cm³/mol. The number of hydrogen-bond acceptors (Lipinski definition) is 2. The molecular formula is C7H16N2O.